The van der Waals surface area contributed by atoms with Gasteiger partial charge in [0.05, 0.1) is 12.8 Å². The van der Waals surface area contributed by atoms with E-state index in [-0.39, 0.29) is 19.3 Å². The predicted octanol–water partition coefficient (Wildman–Crippen LogP) is 1.65. The number of carboxylic acid groups (broad SMARTS) is 3. The Hall–Kier alpha value is -2.77. The zero-order valence-corrected chi connectivity index (χ0v) is 11.1. The lowest BCUT2D eigenvalue weighted by atomic mass is 10.1. The van der Waals surface area contributed by atoms with Crippen LogP contribution in [-0.4, -0.2) is 39.3 Å². The van der Waals surface area contributed by atoms with Crippen LogP contribution in [0, 0.1) is 5.53 Å². The maximum absolute atomic E-state index is 10.5. The van der Waals surface area contributed by atoms with Crippen LogP contribution in [0.4, 0.5) is 0 Å². The molecule has 0 aliphatic heterocycles. The maximum atomic E-state index is 10.5. The normalized spacial score (nSPS) is 10.7. The predicted molar refractivity (Wildman–Crippen MR) is 71.2 cm³/mol. The van der Waals surface area contributed by atoms with Crippen molar-refractivity contribution in [1.29, 1.82) is 5.53 Å². The summed E-state index contributed by atoms with van der Waals surface area (Å²) in [5, 5.41) is 27.5. The number of hydrogen-bond donors (Lipinski definition) is 4. The molecule has 21 heavy (non-hydrogen) atoms. The van der Waals surface area contributed by atoms with Crippen molar-refractivity contribution in [1.82, 2.24) is 0 Å². The summed E-state index contributed by atoms with van der Waals surface area (Å²) >= 11 is 0. The molecule has 1 rings (SSSR count). The minimum absolute atomic E-state index is 0.277. The van der Waals surface area contributed by atoms with E-state index in [0.29, 0.717) is 0 Å². The van der Waals surface area contributed by atoms with Gasteiger partial charge in [-0.2, -0.15) is 5.11 Å². The van der Waals surface area contributed by atoms with Gasteiger partial charge in [-0.1, -0.05) is 30.3 Å². The first kappa shape index (κ1) is 18.2. The Morgan fingerprint density at radius 1 is 1.00 bits per heavy atom. The molecule has 0 saturated heterocycles. The Balaban J connectivity index is 0.000000433. The largest absolute Gasteiger partial charge is 0.481 e. The Bertz CT molecular complexity index is 475. The molecule has 1 aromatic rings. The van der Waals surface area contributed by atoms with E-state index in [9.17, 15) is 14.4 Å². The second-order valence-electron chi connectivity index (χ2n) is 3.96. The van der Waals surface area contributed by atoms with Crippen molar-refractivity contribution in [3.05, 3.63) is 35.9 Å². The highest BCUT2D eigenvalue weighted by Gasteiger charge is 2.15. The van der Waals surface area contributed by atoms with Gasteiger partial charge in [-0.05, 0) is 5.56 Å². The van der Waals surface area contributed by atoms with E-state index in [0.717, 1.165) is 5.56 Å². The van der Waals surface area contributed by atoms with Crippen molar-refractivity contribution in [2.24, 2.45) is 5.11 Å². The molecule has 0 radical (unpaired) electrons. The van der Waals surface area contributed by atoms with Gasteiger partial charge in [0.2, 0.25) is 0 Å². The molecule has 1 unspecified atom stereocenters. The quantitative estimate of drug-likeness (QED) is 0.562. The highest BCUT2D eigenvalue weighted by atomic mass is 16.4. The molecule has 0 aromatic heterocycles. The number of carboxylic acids is 3. The van der Waals surface area contributed by atoms with Gasteiger partial charge in [0.1, 0.15) is 0 Å². The molecular weight excluding hydrogens is 280 g/mol. The lowest BCUT2D eigenvalue weighted by Crippen LogP contribution is -2.19. The van der Waals surface area contributed by atoms with Crippen LogP contribution in [0.15, 0.2) is 35.4 Å². The van der Waals surface area contributed by atoms with E-state index < -0.39 is 23.9 Å². The molecular formula is C13H16N2O6. The number of aliphatic carboxylic acids is 3. The summed E-state index contributed by atoms with van der Waals surface area (Å²) < 4.78 is 0. The molecule has 0 amide bonds. The number of nitrogens with zero attached hydrogens (tertiary/aromatic N) is 1. The van der Waals surface area contributed by atoms with Crippen molar-refractivity contribution in [2.45, 2.75) is 25.3 Å². The molecule has 8 nitrogen and oxygen atoms in total. The van der Waals surface area contributed by atoms with Crippen molar-refractivity contribution in [3.8, 4) is 0 Å². The highest BCUT2D eigenvalue weighted by molar-refractivity contribution is 5.75. The summed E-state index contributed by atoms with van der Waals surface area (Å²) in [6.45, 7) is 0. The fraction of sp³-hybridized carbons (Fsp3) is 0.308. The molecule has 0 aliphatic rings. The zero-order valence-electron chi connectivity index (χ0n) is 11.1. The van der Waals surface area contributed by atoms with Crippen molar-refractivity contribution >= 4 is 17.9 Å². The summed E-state index contributed by atoms with van der Waals surface area (Å²) in [7, 11) is 0. The van der Waals surface area contributed by atoms with Crippen molar-refractivity contribution in [3.63, 3.8) is 0 Å². The molecule has 1 aromatic carbocycles. The third kappa shape index (κ3) is 9.77. The minimum atomic E-state index is -1.08. The van der Waals surface area contributed by atoms with E-state index in [1.54, 1.807) is 0 Å². The van der Waals surface area contributed by atoms with Crippen LogP contribution in [0.1, 0.15) is 18.4 Å². The number of nitrogens with one attached hydrogen (secondary N) is 1. The van der Waals surface area contributed by atoms with Crippen LogP contribution in [-0.2, 0) is 20.8 Å². The third-order valence-electron chi connectivity index (χ3n) is 2.27. The number of rotatable bonds is 7. The summed E-state index contributed by atoms with van der Waals surface area (Å²) in [5.74, 6) is -3.21. The van der Waals surface area contributed by atoms with E-state index in [1.807, 2.05) is 30.3 Å². The van der Waals surface area contributed by atoms with Crippen LogP contribution in [0.3, 0.4) is 0 Å². The van der Waals surface area contributed by atoms with Gasteiger partial charge in [-0.3, -0.25) is 9.59 Å². The SMILES string of the molecule is N=NC(Cc1ccccc1)C(=O)O.O=C(O)CCC(=O)O. The molecule has 0 saturated carbocycles. The van der Waals surface area contributed by atoms with E-state index in [2.05, 4.69) is 5.11 Å². The van der Waals surface area contributed by atoms with Crippen LogP contribution in [0.25, 0.3) is 0 Å². The van der Waals surface area contributed by atoms with E-state index in [1.165, 1.54) is 0 Å². The Morgan fingerprint density at radius 3 is 1.81 bits per heavy atom. The van der Waals surface area contributed by atoms with Gasteiger partial charge in [0, 0.05) is 6.42 Å². The zero-order chi connectivity index (χ0) is 16.3. The molecule has 8 heteroatoms. The first-order chi connectivity index (χ1) is 9.86. The molecule has 114 valence electrons. The van der Waals surface area contributed by atoms with Crippen molar-refractivity contribution in [2.75, 3.05) is 0 Å². The van der Waals surface area contributed by atoms with Gasteiger partial charge >= 0.3 is 17.9 Å². The van der Waals surface area contributed by atoms with Gasteiger partial charge in [-0.25, -0.2) is 10.3 Å². The topological polar surface area (TPSA) is 148 Å². The van der Waals surface area contributed by atoms with Gasteiger partial charge in [0.25, 0.3) is 0 Å². The Kier molecular flexibility index (Phi) is 8.74. The lowest BCUT2D eigenvalue weighted by Gasteiger charge is -2.04. The molecule has 0 heterocycles. The second kappa shape index (κ2) is 10.1. The minimum Gasteiger partial charge on any atom is -0.481 e. The van der Waals surface area contributed by atoms with Gasteiger partial charge in [0.15, 0.2) is 6.04 Å². The summed E-state index contributed by atoms with van der Waals surface area (Å²) in [4.78, 5) is 29.8. The van der Waals surface area contributed by atoms with Crippen LogP contribution in [0.2, 0.25) is 0 Å². The number of benzene rings is 1. The number of hydrogen-bond acceptors (Lipinski definition) is 5. The van der Waals surface area contributed by atoms with Crippen LogP contribution in [0.5, 0.6) is 0 Å². The Morgan fingerprint density at radius 2 is 1.48 bits per heavy atom. The third-order valence-corrected chi connectivity index (χ3v) is 2.27. The summed E-state index contributed by atoms with van der Waals surface area (Å²) in [6, 6.07) is 8.21. The summed E-state index contributed by atoms with van der Waals surface area (Å²) in [6.07, 6.45) is -0.315. The van der Waals surface area contributed by atoms with Crippen molar-refractivity contribution < 1.29 is 29.7 Å². The average molecular weight is 296 g/mol. The fourth-order valence-corrected chi connectivity index (χ4v) is 1.24. The molecule has 0 spiro atoms. The molecule has 1 atom stereocenters. The van der Waals surface area contributed by atoms with E-state index in [4.69, 9.17) is 20.9 Å². The van der Waals surface area contributed by atoms with Crippen LogP contribution >= 0.6 is 0 Å². The first-order valence-corrected chi connectivity index (χ1v) is 5.93. The molecule has 0 aliphatic carbocycles. The second-order valence-corrected chi connectivity index (χ2v) is 3.96. The molecule has 4 N–H and O–H groups in total. The summed E-state index contributed by atoms with van der Waals surface area (Å²) in [5.41, 5.74) is 7.56. The van der Waals surface area contributed by atoms with Gasteiger partial charge in [-0.15, -0.1) is 0 Å². The van der Waals surface area contributed by atoms with E-state index >= 15 is 0 Å². The Labute approximate surface area is 120 Å². The average Bonchev–Trinajstić information content (AvgIpc) is 2.44. The molecule has 0 fully saturated rings. The van der Waals surface area contributed by atoms with Gasteiger partial charge < -0.3 is 15.3 Å². The van der Waals surface area contributed by atoms with Crippen LogP contribution < -0.4 is 0 Å². The molecule has 0 bridgehead atoms. The highest BCUT2D eigenvalue weighted by Crippen LogP contribution is 2.05. The monoisotopic (exact) mass is 296 g/mol. The standard InChI is InChI=1S/C9H10N2O2.C4H6O4/c10-11-8(9(12)13)6-7-4-2-1-3-5-7;5-3(6)1-2-4(7)8/h1-5,8,10H,6H2,(H,12,13);1-2H2,(H,5,6)(H,7,8). The first-order valence-electron chi connectivity index (χ1n) is 5.93. The smallest absolute Gasteiger partial charge is 0.330 e. The number of carbonyl (C=O) groups is 3. The fourth-order valence-electron chi connectivity index (χ4n) is 1.24. The lowest BCUT2D eigenvalue weighted by molar-refractivity contribution is -0.143. The maximum Gasteiger partial charge on any atom is 0.330 e.